The van der Waals surface area contributed by atoms with Gasteiger partial charge in [0.15, 0.2) is 7.28 Å². The van der Waals surface area contributed by atoms with Gasteiger partial charge in [0.2, 0.25) is 0 Å². The van der Waals surface area contributed by atoms with Crippen LogP contribution < -0.4 is 16.2 Å². The third-order valence-electron chi connectivity index (χ3n) is 13.7. The molecule has 286 valence electrons. The van der Waals surface area contributed by atoms with Gasteiger partial charge in [0.1, 0.15) is 0 Å². The van der Waals surface area contributed by atoms with Crippen molar-refractivity contribution in [3.05, 3.63) is 125 Å². The third-order valence-corrected chi connectivity index (χ3v) is 14.8. The number of nitrogens with zero attached hydrogens (tertiary/aromatic N) is 1. The topological polar surface area (TPSA) is 17.0 Å². The molecule has 3 heterocycles. The summed E-state index contributed by atoms with van der Waals surface area (Å²) in [6.07, 6.45) is 2.41. The molecule has 1 aliphatic heterocycles. The summed E-state index contributed by atoms with van der Waals surface area (Å²) in [6, 6.07) is 37.9. The number of nitrogens with one attached hydrogen (secondary N) is 1. The zero-order valence-electron chi connectivity index (χ0n) is 35.7. The van der Waals surface area contributed by atoms with Crippen LogP contribution in [0.1, 0.15) is 110 Å². The molecule has 57 heavy (non-hydrogen) atoms. The van der Waals surface area contributed by atoms with Gasteiger partial charge in [0, 0.05) is 59.1 Å². The average Bonchev–Trinajstić information content (AvgIpc) is 3.69. The quantitative estimate of drug-likeness (QED) is 0.177. The number of benzene rings is 6. The van der Waals surface area contributed by atoms with E-state index in [1.54, 1.807) is 0 Å². The SMILES string of the molecule is Cc1cc(-c2cc3c(cc2Nc2ccc(C(C)(C)C)cc2)sc2ccccc23)c2c3c1c1cc4c(cc1n3-c1ccc(C(C)(C)C)cc1B2)C(C)(C)CCC4(C)C. The Kier molecular flexibility index (Phi) is 7.77. The molecule has 0 saturated heterocycles. The maximum atomic E-state index is 3.97. The van der Waals surface area contributed by atoms with E-state index in [4.69, 9.17) is 0 Å². The molecule has 1 aliphatic carbocycles. The Bertz CT molecular complexity index is 2970. The zero-order chi connectivity index (χ0) is 40.0. The maximum absolute atomic E-state index is 3.97. The summed E-state index contributed by atoms with van der Waals surface area (Å²) in [5.74, 6) is 0. The maximum Gasteiger partial charge on any atom is 0.198 e. The molecule has 0 radical (unpaired) electrons. The van der Waals surface area contributed by atoms with E-state index in [1.807, 2.05) is 11.3 Å². The van der Waals surface area contributed by atoms with Gasteiger partial charge < -0.3 is 9.88 Å². The van der Waals surface area contributed by atoms with Crippen LogP contribution in [-0.4, -0.2) is 11.8 Å². The molecule has 0 fully saturated rings. The summed E-state index contributed by atoms with van der Waals surface area (Å²) in [6.45, 7) is 26.1. The lowest BCUT2D eigenvalue weighted by Gasteiger charge is -2.42. The summed E-state index contributed by atoms with van der Waals surface area (Å²) >= 11 is 1.89. The Morgan fingerprint density at radius 2 is 1.32 bits per heavy atom. The number of aryl methyl sites for hydroxylation is 1. The van der Waals surface area contributed by atoms with Crippen LogP contribution in [0.15, 0.2) is 97.1 Å². The van der Waals surface area contributed by atoms with Crippen molar-refractivity contribution in [1.29, 1.82) is 0 Å². The monoisotopic (exact) mass is 762 g/mol. The largest absolute Gasteiger partial charge is 0.355 e. The van der Waals surface area contributed by atoms with Crippen LogP contribution in [0.3, 0.4) is 0 Å². The van der Waals surface area contributed by atoms with Gasteiger partial charge in [0.05, 0.1) is 5.52 Å². The van der Waals surface area contributed by atoms with E-state index < -0.39 is 0 Å². The van der Waals surface area contributed by atoms with Crippen LogP contribution >= 0.6 is 11.3 Å². The summed E-state index contributed by atoms with van der Waals surface area (Å²) < 4.78 is 5.30. The van der Waals surface area contributed by atoms with Gasteiger partial charge in [-0.25, -0.2) is 0 Å². The van der Waals surface area contributed by atoms with E-state index in [2.05, 4.69) is 183 Å². The Morgan fingerprint density at radius 1 is 0.649 bits per heavy atom. The molecule has 2 nitrogen and oxygen atoms in total. The Balaban J connectivity index is 1.30. The zero-order valence-corrected chi connectivity index (χ0v) is 36.5. The molecular weight excluding hydrogens is 707 g/mol. The molecule has 0 unspecified atom stereocenters. The van der Waals surface area contributed by atoms with Crippen molar-refractivity contribution >= 4 is 82.9 Å². The van der Waals surface area contributed by atoms with Crippen molar-refractivity contribution in [2.24, 2.45) is 0 Å². The minimum absolute atomic E-state index is 0.0544. The lowest BCUT2D eigenvalue weighted by molar-refractivity contribution is 0.332. The van der Waals surface area contributed by atoms with Crippen molar-refractivity contribution in [2.75, 3.05) is 5.32 Å². The molecule has 6 aromatic carbocycles. The molecule has 2 aliphatic rings. The van der Waals surface area contributed by atoms with Gasteiger partial charge >= 0.3 is 0 Å². The van der Waals surface area contributed by atoms with E-state index >= 15 is 0 Å². The van der Waals surface area contributed by atoms with E-state index in [0.29, 0.717) is 0 Å². The number of hydrogen-bond donors (Lipinski definition) is 1. The van der Waals surface area contributed by atoms with Crippen molar-refractivity contribution in [1.82, 2.24) is 4.57 Å². The first-order valence-corrected chi connectivity index (χ1v) is 21.8. The molecular formula is C53H55BN2S. The molecule has 0 bridgehead atoms. The predicted molar refractivity (Wildman–Crippen MR) is 253 cm³/mol. The van der Waals surface area contributed by atoms with Crippen molar-refractivity contribution in [2.45, 2.75) is 111 Å². The van der Waals surface area contributed by atoms with Gasteiger partial charge in [-0.2, -0.15) is 0 Å². The minimum atomic E-state index is 0.0544. The van der Waals surface area contributed by atoms with Crippen LogP contribution in [0.25, 0.3) is 58.8 Å². The van der Waals surface area contributed by atoms with E-state index in [1.165, 1.54) is 110 Å². The highest BCUT2D eigenvalue weighted by atomic mass is 32.1. The van der Waals surface area contributed by atoms with Gasteiger partial charge in [-0.05, 0) is 129 Å². The first-order chi connectivity index (χ1) is 26.9. The lowest BCUT2D eigenvalue weighted by Crippen LogP contribution is -2.38. The molecule has 8 aromatic rings. The van der Waals surface area contributed by atoms with Gasteiger partial charge in [0.25, 0.3) is 0 Å². The number of rotatable bonds is 3. The minimum Gasteiger partial charge on any atom is -0.355 e. The normalized spacial score (nSPS) is 15.9. The average molecular weight is 763 g/mol. The Hall–Kier alpha value is -4.80. The third kappa shape index (κ3) is 5.64. The first kappa shape index (κ1) is 36.5. The van der Waals surface area contributed by atoms with Crippen LogP contribution in [0.5, 0.6) is 0 Å². The predicted octanol–water partition coefficient (Wildman–Crippen LogP) is 13.5. The second kappa shape index (κ2) is 12.1. The van der Waals surface area contributed by atoms with Gasteiger partial charge in [-0.3, -0.25) is 0 Å². The highest BCUT2D eigenvalue weighted by Gasteiger charge is 2.39. The van der Waals surface area contributed by atoms with Crippen LogP contribution in [0, 0.1) is 6.92 Å². The van der Waals surface area contributed by atoms with Crippen molar-refractivity contribution < 1.29 is 0 Å². The first-order valence-electron chi connectivity index (χ1n) is 21.0. The molecule has 1 N–H and O–H groups in total. The summed E-state index contributed by atoms with van der Waals surface area (Å²) in [5.41, 5.74) is 19.3. The van der Waals surface area contributed by atoms with Crippen LogP contribution in [0.4, 0.5) is 11.4 Å². The van der Waals surface area contributed by atoms with E-state index in [-0.39, 0.29) is 21.7 Å². The molecule has 0 atom stereocenters. The lowest BCUT2D eigenvalue weighted by atomic mass is 9.58. The molecule has 0 amide bonds. The molecule has 4 heteroatoms. The summed E-state index contributed by atoms with van der Waals surface area (Å²) in [7, 11) is 0.889. The van der Waals surface area contributed by atoms with Gasteiger partial charge in [-0.15, -0.1) is 11.3 Å². The van der Waals surface area contributed by atoms with Crippen molar-refractivity contribution in [3.8, 4) is 16.8 Å². The van der Waals surface area contributed by atoms with E-state index in [9.17, 15) is 0 Å². The van der Waals surface area contributed by atoms with Crippen LogP contribution in [0.2, 0.25) is 0 Å². The summed E-state index contributed by atoms with van der Waals surface area (Å²) in [5, 5.41) is 9.42. The standard InChI is InChI=1S/C53H55BN2S/c1-30-24-37(35-26-36-34-14-12-13-15-45(34)57-46(36)29-42(35)55-33-19-16-31(17-20-33)50(2,3)4)48-49-47(30)38-27-39-40(53(10,11)23-22-52(39,8)9)28-44(38)56(49)43-21-18-32(51(5,6)7)25-41(43)54-48/h12-21,24-29,54-55H,22-23H2,1-11H3. The number of thiophene rings is 1. The highest BCUT2D eigenvalue weighted by Crippen LogP contribution is 2.50. The van der Waals surface area contributed by atoms with Gasteiger partial charge in [-0.1, -0.05) is 123 Å². The smallest absolute Gasteiger partial charge is 0.198 e. The number of fused-ring (bicyclic) bond motifs is 9. The fourth-order valence-electron chi connectivity index (χ4n) is 10.1. The molecule has 10 rings (SSSR count). The van der Waals surface area contributed by atoms with Crippen molar-refractivity contribution in [3.63, 3.8) is 0 Å². The Labute approximate surface area is 343 Å². The summed E-state index contributed by atoms with van der Waals surface area (Å²) in [4.78, 5) is 0. The van der Waals surface area contributed by atoms with Crippen LogP contribution in [-0.2, 0) is 21.7 Å². The number of anilines is 2. The second-order valence-electron chi connectivity index (χ2n) is 20.7. The van der Waals surface area contributed by atoms with E-state index in [0.717, 1.165) is 18.7 Å². The fraction of sp³-hybridized carbons (Fsp3) is 0.321. The molecule has 0 saturated carbocycles. The number of hydrogen-bond acceptors (Lipinski definition) is 2. The fourth-order valence-corrected chi connectivity index (χ4v) is 11.2. The molecule has 0 spiro atoms. The second-order valence-corrected chi connectivity index (χ2v) is 21.8. The highest BCUT2D eigenvalue weighted by molar-refractivity contribution is 7.25. The number of aromatic nitrogens is 1. The molecule has 2 aromatic heterocycles. The Morgan fingerprint density at radius 3 is 2.02 bits per heavy atom.